The molecule has 3 aromatic carbocycles. The predicted octanol–water partition coefficient (Wildman–Crippen LogP) is 7.15. The van der Waals surface area contributed by atoms with E-state index in [2.05, 4.69) is 22.5 Å². The molecule has 0 saturated heterocycles. The lowest BCUT2D eigenvalue weighted by atomic mass is 9.87. The van der Waals surface area contributed by atoms with E-state index in [-0.39, 0.29) is 39.5 Å². The first-order chi connectivity index (χ1) is 21.7. The fourth-order valence-electron chi connectivity index (χ4n) is 4.04. The maximum Gasteiger partial charge on any atom is 0.416 e. The van der Waals surface area contributed by atoms with Gasteiger partial charge in [0, 0.05) is 16.1 Å². The van der Waals surface area contributed by atoms with Crippen LogP contribution in [0.4, 0.5) is 23.2 Å². The van der Waals surface area contributed by atoms with Gasteiger partial charge in [-0.25, -0.2) is 4.39 Å². The molecular formula is C33H28Cl2F4N2O6. The van der Waals surface area contributed by atoms with E-state index in [0.717, 1.165) is 6.07 Å². The number of alkyl halides is 3. The molecule has 0 aliphatic carbocycles. The van der Waals surface area contributed by atoms with Gasteiger partial charge < -0.3 is 20.5 Å². The number of hydrogen-bond acceptors (Lipinski definition) is 5. The second kappa shape index (κ2) is 14.4. The van der Waals surface area contributed by atoms with Gasteiger partial charge >= 0.3 is 12.1 Å². The Kier molecular flexibility index (Phi) is 11.3. The molecule has 8 nitrogen and oxygen atoms in total. The van der Waals surface area contributed by atoms with Gasteiger partial charge in [-0.05, 0) is 68.4 Å². The van der Waals surface area contributed by atoms with E-state index in [0.29, 0.717) is 17.7 Å². The second-order valence-electron chi connectivity index (χ2n) is 11.5. The highest BCUT2D eigenvalue weighted by Crippen LogP contribution is 2.32. The van der Waals surface area contributed by atoms with Crippen LogP contribution < -0.4 is 15.4 Å². The molecular weight excluding hydrogens is 667 g/mol. The summed E-state index contributed by atoms with van der Waals surface area (Å²) >= 11 is 12.3. The molecule has 0 spiro atoms. The molecule has 47 heavy (non-hydrogen) atoms. The highest BCUT2D eigenvalue weighted by atomic mass is 35.5. The third-order valence-corrected chi connectivity index (χ3v) is 6.98. The monoisotopic (exact) mass is 694 g/mol. The Morgan fingerprint density at radius 3 is 2.23 bits per heavy atom. The maximum atomic E-state index is 13.9. The molecule has 0 saturated carbocycles. The largest absolute Gasteiger partial charge is 0.483 e. The Balaban J connectivity index is 1.70. The standard InChI is InChI=1S/C33H28Cl2F4N2O6/c1-31(2,16-28(43)44)30(46)41-32(3,4)10-9-18-5-7-25(24(35)11-18)40-27(42)17-47-26-8-6-21(34)15-23(26)29(45)19-12-20(33(37,38)39)14-22(36)13-19/h5-8,11-15H,16-17H2,1-4H3,(H,40,42)(H,41,46)(H,43,44). The number of halogens is 6. The Labute approximate surface area is 277 Å². The number of nitrogens with one attached hydrogen (secondary N) is 2. The van der Waals surface area contributed by atoms with Crippen molar-refractivity contribution in [3.05, 3.63) is 92.7 Å². The lowest BCUT2D eigenvalue weighted by molar-refractivity contribution is -0.144. The summed E-state index contributed by atoms with van der Waals surface area (Å²) < 4.78 is 58.9. The van der Waals surface area contributed by atoms with Gasteiger partial charge in [0.25, 0.3) is 5.91 Å². The molecule has 0 atom stereocenters. The number of anilines is 1. The quantitative estimate of drug-likeness (QED) is 0.118. The highest BCUT2D eigenvalue weighted by molar-refractivity contribution is 6.34. The van der Waals surface area contributed by atoms with Crippen molar-refractivity contribution in [2.75, 3.05) is 11.9 Å². The number of ketones is 1. The normalized spacial score (nSPS) is 11.6. The third-order valence-electron chi connectivity index (χ3n) is 6.43. The van der Waals surface area contributed by atoms with E-state index in [1.54, 1.807) is 19.9 Å². The summed E-state index contributed by atoms with van der Waals surface area (Å²) in [6, 6.07) is 9.57. The second-order valence-corrected chi connectivity index (χ2v) is 12.4. The van der Waals surface area contributed by atoms with Crippen LogP contribution in [0.3, 0.4) is 0 Å². The molecule has 248 valence electrons. The molecule has 0 fully saturated rings. The minimum absolute atomic E-state index is 0.0420. The van der Waals surface area contributed by atoms with E-state index < -0.39 is 64.2 Å². The average Bonchev–Trinajstić information content (AvgIpc) is 2.94. The highest BCUT2D eigenvalue weighted by Gasteiger charge is 2.34. The van der Waals surface area contributed by atoms with Crippen molar-refractivity contribution in [1.29, 1.82) is 0 Å². The van der Waals surface area contributed by atoms with Crippen molar-refractivity contribution in [3.63, 3.8) is 0 Å². The van der Waals surface area contributed by atoms with Gasteiger partial charge in [-0.2, -0.15) is 13.2 Å². The zero-order valence-corrected chi connectivity index (χ0v) is 26.9. The first-order valence-electron chi connectivity index (χ1n) is 13.7. The molecule has 0 bridgehead atoms. The number of hydrogen-bond donors (Lipinski definition) is 3. The van der Waals surface area contributed by atoms with Gasteiger partial charge in [0.2, 0.25) is 5.91 Å². The molecule has 0 unspecified atom stereocenters. The summed E-state index contributed by atoms with van der Waals surface area (Å²) in [4.78, 5) is 49.4. The molecule has 0 aromatic heterocycles. The number of carbonyl (C=O) groups is 4. The average molecular weight is 695 g/mol. The van der Waals surface area contributed by atoms with Crippen molar-refractivity contribution in [2.45, 2.75) is 45.8 Å². The third kappa shape index (κ3) is 10.5. The Bertz CT molecular complexity index is 1800. The van der Waals surface area contributed by atoms with Gasteiger partial charge in [0.1, 0.15) is 11.6 Å². The lowest BCUT2D eigenvalue weighted by Crippen LogP contribution is -2.48. The summed E-state index contributed by atoms with van der Waals surface area (Å²) in [6.07, 6.45) is -5.26. The summed E-state index contributed by atoms with van der Waals surface area (Å²) in [5.74, 6) is 0.975. The molecule has 0 aliphatic heterocycles. The van der Waals surface area contributed by atoms with Crippen LogP contribution >= 0.6 is 23.2 Å². The zero-order valence-electron chi connectivity index (χ0n) is 25.4. The Morgan fingerprint density at radius 2 is 1.62 bits per heavy atom. The van der Waals surface area contributed by atoms with Gasteiger partial charge in [0.15, 0.2) is 12.4 Å². The van der Waals surface area contributed by atoms with E-state index in [4.69, 9.17) is 33.0 Å². The van der Waals surface area contributed by atoms with Crippen LogP contribution in [0.15, 0.2) is 54.6 Å². The van der Waals surface area contributed by atoms with Gasteiger partial charge in [0.05, 0.1) is 39.2 Å². The van der Waals surface area contributed by atoms with Crippen molar-refractivity contribution >= 4 is 52.5 Å². The maximum absolute atomic E-state index is 13.9. The fourth-order valence-corrected chi connectivity index (χ4v) is 4.44. The van der Waals surface area contributed by atoms with Crippen molar-refractivity contribution in [1.82, 2.24) is 5.32 Å². The van der Waals surface area contributed by atoms with Crippen molar-refractivity contribution in [2.24, 2.45) is 5.41 Å². The molecule has 0 heterocycles. The minimum atomic E-state index is -4.90. The smallest absolute Gasteiger partial charge is 0.416 e. The van der Waals surface area contributed by atoms with E-state index >= 15 is 0 Å². The number of carboxylic acid groups (broad SMARTS) is 1. The van der Waals surface area contributed by atoms with Crippen LogP contribution in [0.25, 0.3) is 0 Å². The number of rotatable bonds is 10. The predicted molar refractivity (Wildman–Crippen MR) is 167 cm³/mol. The van der Waals surface area contributed by atoms with E-state index in [9.17, 15) is 36.7 Å². The van der Waals surface area contributed by atoms with Gasteiger partial charge in [-0.15, -0.1) is 0 Å². The minimum Gasteiger partial charge on any atom is -0.483 e. The van der Waals surface area contributed by atoms with Crippen LogP contribution in [-0.4, -0.2) is 40.8 Å². The van der Waals surface area contributed by atoms with Gasteiger partial charge in [-0.3, -0.25) is 19.2 Å². The summed E-state index contributed by atoms with van der Waals surface area (Å²) in [5, 5.41) is 14.4. The number of carbonyl (C=O) groups excluding carboxylic acids is 3. The molecule has 3 aromatic rings. The summed E-state index contributed by atoms with van der Waals surface area (Å²) in [5.41, 5.74) is -3.82. The van der Waals surface area contributed by atoms with Crippen LogP contribution in [-0.2, 0) is 20.6 Å². The molecule has 0 radical (unpaired) electrons. The van der Waals surface area contributed by atoms with Gasteiger partial charge in [-0.1, -0.05) is 48.9 Å². The Morgan fingerprint density at radius 1 is 0.936 bits per heavy atom. The molecule has 14 heteroatoms. The van der Waals surface area contributed by atoms with Crippen LogP contribution in [0, 0.1) is 23.1 Å². The van der Waals surface area contributed by atoms with Crippen molar-refractivity contribution < 1.29 is 46.6 Å². The topological polar surface area (TPSA) is 122 Å². The number of ether oxygens (including phenoxy) is 1. The first-order valence-corrected chi connectivity index (χ1v) is 14.4. The number of aliphatic carboxylic acids is 1. The molecule has 2 amide bonds. The fraction of sp³-hybridized carbons (Fsp3) is 0.273. The summed E-state index contributed by atoms with van der Waals surface area (Å²) in [7, 11) is 0. The van der Waals surface area contributed by atoms with E-state index in [1.165, 1.54) is 38.1 Å². The number of benzene rings is 3. The molecule has 0 aliphatic rings. The first kappa shape index (κ1) is 36.9. The Hall–Kier alpha value is -4.60. The SMILES string of the molecule is CC(C)(C#Cc1ccc(NC(=O)COc2ccc(Cl)cc2C(=O)c2cc(F)cc(C(F)(F)F)c2)c(Cl)c1)NC(=O)C(C)(C)CC(=O)O. The van der Waals surface area contributed by atoms with E-state index in [1.807, 2.05) is 0 Å². The number of amides is 2. The summed E-state index contributed by atoms with van der Waals surface area (Å²) in [6.45, 7) is 5.65. The number of carboxylic acids is 1. The van der Waals surface area contributed by atoms with Crippen LogP contribution in [0.1, 0.15) is 61.2 Å². The molecule has 3 rings (SSSR count). The van der Waals surface area contributed by atoms with Crippen LogP contribution in [0.5, 0.6) is 5.75 Å². The molecule has 3 N–H and O–H groups in total. The van der Waals surface area contributed by atoms with Crippen molar-refractivity contribution in [3.8, 4) is 17.6 Å². The van der Waals surface area contributed by atoms with Crippen LogP contribution in [0.2, 0.25) is 10.0 Å². The lowest BCUT2D eigenvalue weighted by Gasteiger charge is -2.27. The zero-order chi connectivity index (χ0) is 35.3.